The minimum absolute atomic E-state index is 0.00407. The van der Waals surface area contributed by atoms with Crippen LogP contribution < -0.4 is 5.32 Å². The van der Waals surface area contributed by atoms with Gasteiger partial charge in [-0.05, 0) is 25.0 Å². The summed E-state index contributed by atoms with van der Waals surface area (Å²) in [6.45, 7) is 3.96. The third-order valence-electron chi connectivity index (χ3n) is 2.32. The SMILES string of the molecule is CCC(CC)NC(=O)c1cccnc1F. The van der Waals surface area contributed by atoms with E-state index in [9.17, 15) is 9.18 Å². The summed E-state index contributed by atoms with van der Waals surface area (Å²) < 4.78 is 13.1. The van der Waals surface area contributed by atoms with E-state index < -0.39 is 11.9 Å². The molecule has 1 amide bonds. The molecule has 0 unspecified atom stereocenters. The van der Waals surface area contributed by atoms with E-state index in [1.54, 1.807) is 6.07 Å². The standard InChI is InChI=1S/C11H15FN2O/c1-3-8(4-2)14-11(15)9-6-5-7-13-10(9)12/h5-8H,3-4H2,1-2H3,(H,14,15). The van der Waals surface area contributed by atoms with Crippen molar-refractivity contribution in [3.63, 3.8) is 0 Å². The van der Waals surface area contributed by atoms with E-state index in [-0.39, 0.29) is 11.6 Å². The Morgan fingerprint density at radius 3 is 2.73 bits per heavy atom. The second-order valence-corrected chi connectivity index (χ2v) is 3.33. The van der Waals surface area contributed by atoms with E-state index in [1.165, 1.54) is 12.3 Å². The molecule has 15 heavy (non-hydrogen) atoms. The number of carbonyl (C=O) groups is 1. The Labute approximate surface area is 88.7 Å². The summed E-state index contributed by atoms with van der Waals surface area (Å²) in [5, 5.41) is 2.75. The molecule has 0 saturated carbocycles. The Morgan fingerprint density at radius 1 is 1.53 bits per heavy atom. The highest BCUT2D eigenvalue weighted by Crippen LogP contribution is 2.05. The van der Waals surface area contributed by atoms with Crippen LogP contribution in [0.3, 0.4) is 0 Å². The molecule has 3 nitrogen and oxygen atoms in total. The zero-order chi connectivity index (χ0) is 11.3. The van der Waals surface area contributed by atoms with Crippen LogP contribution in [0, 0.1) is 5.95 Å². The van der Waals surface area contributed by atoms with Gasteiger partial charge in [-0.15, -0.1) is 0 Å². The van der Waals surface area contributed by atoms with Crippen LogP contribution in [0.2, 0.25) is 0 Å². The summed E-state index contributed by atoms with van der Waals surface area (Å²) in [4.78, 5) is 15.0. The average molecular weight is 210 g/mol. The zero-order valence-electron chi connectivity index (χ0n) is 8.96. The molecule has 0 aliphatic heterocycles. The molecule has 1 heterocycles. The molecule has 1 aromatic heterocycles. The summed E-state index contributed by atoms with van der Waals surface area (Å²) >= 11 is 0. The third-order valence-corrected chi connectivity index (χ3v) is 2.32. The van der Waals surface area contributed by atoms with Gasteiger partial charge in [-0.25, -0.2) is 4.98 Å². The van der Waals surface area contributed by atoms with Gasteiger partial charge in [0.05, 0.1) is 5.56 Å². The summed E-state index contributed by atoms with van der Waals surface area (Å²) in [6, 6.07) is 3.07. The van der Waals surface area contributed by atoms with Gasteiger partial charge in [-0.2, -0.15) is 4.39 Å². The van der Waals surface area contributed by atoms with E-state index in [1.807, 2.05) is 13.8 Å². The van der Waals surface area contributed by atoms with Crippen LogP contribution in [0.15, 0.2) is 18.3 Å². The highest BCUT2D eigenvalue weighted by atomic mass is 19.1. The molecule has 82 valence electrons. The lowest BCUT2D eigenvalue weighted by molar-refractivity contribution is 0.0930. The van der Waals surface area contributed by atoms with E-state index in [0.717, 1.165) is 12.8 Å². The molecular weight excluding hydrogens is 195 g/mol. The van der Waals surface area contributed by atoms with Gasteiger partial charge in [0.25, 0.3) is 5.91 Å². The maximum atomic E-state index is 13.1. The van der Waals surface area contributed by atoms with Gasteiger partial charge < -0.3 is 5.32 Å². The number of nitrogens with one attached hydrogen (secondary N) is 1. The van der Waals surface area contributed by atoms with Crippen molar-refractivity contribution in [3.05, 3.63) is 29.8 Å². The molecular formula is C11H15FN2O. The van der Waals surface area contributed by atoms with Gasteiger partial charge >= 0.3 is 0 Å². The fraction of sp³-hybridized carbons (Fsp3) is 0.455. The molecule has 0 atom stereocenters. The molecule has 0 aliphatic carbocycles. The summed E-state index contributed by atoms with van der Waals surface area (Å²) in [6.07, 6.45) is 3.00. The van der Waals surface area contributed by atoms with Crippen LogP contribution in [-0.2, 0) is 0 Å². The highest BCUT2D eigenvalue weighted by molar-refractivity contribution is 5.94. The Morgan fingerprint density at radius 2 is 2.20 bits per heavy atom. The first-order valence-electron chi connectivity index (χ1n) is 5.10. The minimum atomic E-state index is -0.721. The van der Waals surface area contributed by atoms with Crippen molar-refractivity contribution in [2.45, 2.75) is 32.7 Å². The molecule has 0 saturated heterocycles. The van der Waals surface area contributed by atoms with Crippen LogP contribution >= 0.6 is 0 Å². The molecule has 0 aliphatic rings. The maximum absolute atomic E-state index is 13.1. The molecule has 1 N–H and O–H groups in total. The Balaban J connectivity index is 2.73. The van der Waals surface area contributed by atoms with E-state index in [4.69, 9.17) is 0 Å². The van der Waals surface area contributed by atoms with Crippen LogP contribution in [0.1, 0.15) is 37.0 Å². The van der Waals surface area contributed by atoms with Gasteiger partial charge in [0, 0.05) is 12.2 Å². The molecule has 1 aromatic rings. The molecule has 1 rings (SSSR count). The van der Waals surface area contributed by atoms with Gasteiger partial charge in [0.15, 0.2) is 0 Å². The smallest absolute Gasteiger partial charge is 0.256 e. The Bertz CT molecular complexity index is 337. The minimum Gasteiger partial charge on any atom is -0.349 e. The molecule has 0 fully saturated rings. The van der Waals surface area contributed by atoms with Crippen molar-refractivity contribution in [1.29, 1.82) is 0 Å². The van der Waals surface area contributed by atoms with Crippen molar-refractivity contribution >= 4 is 5.91 Å². The highest BCUT2D eigenvalue weighted by Gasteiger charge is 2.14. The van der Waals surface area contributed by atoms with E-state index >= 15 is 0 Å². The van der Waals surface area contributed by atoms with Crippen molar-refractivity contribution in [2.75, 3.05) is 0 Å². The Kier molecular flexibility index (Phi) is 4.21. The molecule has 0 aromatic carbocycles. The lowest BCUT2D eigenvalue weighted by Crippen LogP contribution is -2.34. The number of hydrogen-bond donors (Lipinski definition) is 1. The lowest BCUT2D eigenvalue weighted by atomic mass is 10.1. The zero-order valence-corrected chi connectivity index (χ0v) is 8.96. The maximum Gasteiger partial charge on any atom is 0.256 e. The van der Waals surface area contributed by atoms with Gasteiger partial charge in [-0.3, -0.25) is 4.79 Å². The van der Waals surface area contributed by atoms with Crippen molar-refractivity contribution in [3.8, 4) is 0 Å². The summed E-state index contributed by atoms with van der Waals surface area (Å²) in [7, 11) is 0. The molecule has 0 bridgehead atoms. The Hall–Kier alpha value is -1.45. The second-order valence-electron chi connectivity index (χ2n) is 3.33. The first kappa shape index (κ1) is 11.6. The van der Waals surface area contributed by atoms with Crippen LogP contribution in [-0.4, -0.2) is 16.9 Å². The van der Waals surface area contributed by atoms with Gasteiger partial charge in [-0.1, -0.05) is 13.8 Å². The first-order chi connectivity index (χ1) is 7.19. The number of pyridine rings is 1. The molecule has 0 spiro atoms. The van der Waals surface area contributed by atoms with Crippen LogP contribution in [0.5, 0.6) is 0 Å². The quantitative estimate of drug-likeness (QED) is 0.773. The number of carbonyl (C=O) groups excluding carboxylic acids is 1. The topological polar surface area (TPSA) is 42.0 Å². The monoisotopic (exact) mass is 210 g/mol. The number of hydrogen-bond acceptors (Lipinski definition) is 2. The predicted octanol–water partition coefficient (Wildman–Crippen LogP) is 2.14. The number of aromatic nitrogens is 1. The van der Waals surface area contributed by atoms with Gasteiger partial charge in [0.2, 0.25) is 5.95 Å². The number of rotatable bonds is 4. The average Bonchev–Trinajstić information content (AvgIpc) is 2.26. The van der Waals surface area contributed by atoms with E-state index in [2.05, 4.69) is 10.3 Å². The number of amides is 1. The van der Waals surface area contributed by atoms with E-state index in [0.29, 0.717) is 0 Å². The first-order valence-corrected chi connectivity index (χ1v) is 5.10. The van der Waals surface area contributed by atoms with Crippen molar-refractivity contribution < 1.29 is 9.18 Å². The van der Waals surface area contributed by atoms with Crippen LogP contribution in [0.4, 0.5) is 4.39 Å². The fourth-order valence-electron chi connectivity index (χ4n) is 1.31. The number of nitrogens with zero attached hydrogens (tertiary/aromatic N) is 1. The summed E-state index contributed by atoms with van der Waals surface area (Å²) in [5.41, 5.74) is 0.00407. The largest absolute Gasteiger partial charge is 0.349 e. The predicted molar refractivity (Wildman–Crippen MR) is 56.0 cm³/mol. The molecule has 0 radical (unpaired) electrons. The molecule has 4 heteroatoms. The number of halogens is 1. The summed E-state index contributed by atoms with van der Waals surface area (Å²) in [5.74, 6) is -1.12. The second kappa shape index (κ2) is 5.44. The van der Waals surface area contributed by atoms with Gasteiger partial charge in [0.1, 0.15) is 0 Å². The third kappa shape index (κ3) is 3.01. The normalized spacial score (nSPS) is 10.4. The lowest BCUT2D eigenvalue weighted by Gasteiger charge is -2.14. The van der Waals surface area contributed by atoms with Crippen LogP contribution in [0.25, 0.3) is 0 Å². The van der Waals surface area contributed by atoms with Crippen molar-refractivity contribution in [1.82, 2.24) is 10.3 Å². The van der Waals surface area contributed by atoms with Crippen molar-refractivity contribution in [2.24, 2.45) is 0 Å². The fourth-order valence-corrected chi connectivity index (χ4v) is 1.31.